The van der Waals surface area contributed by atoms with Gasteiger partial charge >= 0.3 is 0 Å². The molecule has 0 unspecified atom stereocenters. The number of benzene rings is 2. The molecule has 4 heteroatoms. The summed E-state index contributed by atoms with van der Waals surface area (Å²) in [5, 5.41) is 5.76. The van der Waals surface area contributed by atoms with Crippen LogP contribution in [0.3, 0.4) is 0 Å². The molecular weight excluding hydrogens is 280 g/mol. The summed E-state index contributed by atoms with van der Waals surface area (Å²) in [5.41, 5.74) is 3.51. The first-order valence-electron chi connectivity index (χ1n) is 6.60. The summed E-state index contributed by atoms with van der Waals surface area (Å²) in [5.74, 6) is -0.112. The van der Waals surface area contributed by atoms with E-state index >= 15 is 0 Å². The average molecular weight is 294 g/mol. The maximum absolute atomic E-state index is 12.3. The van der Waals surface area contributed by atoms with E-state index in [0.717, 1.165) is 21.8 Å². The number of hydrogen-bond acceptors (Lipinski definition) is 3. The molecule has 0 aliphatic heterocycles. The highest BCUT2D eigenvalue weighted by Crippen LogP contribution is 2.23. The number of nitrogens with zero attached hydrogens (tertiary/aromatic N) is 1. The Kier molecular flexibility index (Phi) is 3.79. The number of nitrogens with one attached hydrogen (secondary N) is 1. The van der Waals surface area contributed by atoms with Crippen molar-refractivity contribution in [1.82, 2.24) is 4.98 Å². The number of anilines is 1. The standard InChI is InChI=1S/C17H14N2OS/c1-12-4-2-7-15(10-12)19-16(20)13-5-3-6-14(11-13)17-18-8-9-21-17/h2-11H,1H3,(H,19,20). The first-order chi connectivity index (χ1) is 10.2. The van der Waals surface area contributed by atoms with E-state index in [9.17, 15) is 4.79 Å². The van der Waals surface area contributed by atoms with E-state index in [0.29, 0.717) is 5.56 Å². The van der Waals surface area contributed by atoms with E-state index in [1.54, 1.807) is 17.5 Å². The van der Waals surface area contributed by atoms with Crippen LogP contribution in [0.1, 0.15) is 15.9 Å². The van der Waals surface area contributed by atoms with Crippen molar-refractivity contribution in [3.63, 3.8) is 0 Å². The summed E-state index contributed by atoms with van der Waals surface area (Å²) in [6, 6.07) is 15.3. The maximum Gasteiger partial charge on any atom is 0.255 e. The van der Waals surface area contributed by atoms with Crippen LogP contribution in [0.25, 0.3) is 10.6 Å². The van der Waals surface area contributed by atoms with Crippen molar-refractivity contribution in [3.05, 3.63) is 71.2 Å². The van der Waals surface area contributed by atoms with Gasteiger partial charge < -0.3 is 5.32 Å². The van der Waals surface area contributed by atoms with Crippen LogP contribution in [0.4, 0.5) is 5.69 Å². The summed E-state index contributed by atoms with van der Waals surface area (Å²) in [6.07, 6.45) is 1.76. The number of carbonyl (C=O) groups is 1. The van der Waals surface area contributed by atoms with Gasteiger partial charge in [0.25, 0.3) is 5.91 Å². The van der Waals surface area contributed by atoms with Gasteiger partial charge in [0, 0.05) is 28.4 Å². The molecule has 1 aromatic heterocycles. The van der Waals surface area contributed by atoms with E-state index in [4.69, 9.17) is 0 Å². The fourth-order valence-corrected chi connectivity index (χ4v) is 2.72. The quantitative estimate of drug-likeness (QED) is 0.779. The number of hydrogen-bond donors (Lipinski definition) is 1. The highest BCUT2D eigenvalue weighted by Gasteiger charge is 2.08. The van der Waals surface area contributed by atoms with Crippen LogP contribution in [0.2, 0.25) is 0 Å². The van der Waals surface area contributed by atoms with Crippen molar-refractivity contribution in [3.8, 4) is 10.6 Å². The summed E-state index contributed by atoms with van der Waals surface area (Å²) in [7, 11) is 0. The second kappa shape index (κ2) is 5.89. The summed E-state index contributed by atoms with van der Waals surface area (Å²) in [6.45, 7) is 2.00. The third-order valence-electron chi connectivity index (χ3n) is 3.08. The van der Waals surface area contributed by atoms with Crippen LogP contribution < -0.4 is 5.32 Å². The molecule has 0 fully saturated rings. The molecule has 0 aliphatic carbocycles. The zero-order chi connectivity index (χ0) is 14.7. The molecule has 0 atom stereocenters. The van der Waals surface area contributed by atoms with Crippen LogP contribution in [0.5, 0.6) is 0 Å². The topological polar surface area (TPSA) is 42.0 Å². The Hall–Kier alpha value is -2.46. The third-order valence-corrected chi connectivity index (χ3v) is 3.90. The van der Waals surface area contributed by atoms with Crippen LogP contribution in [0, 0.1) is 6.92 Å². The van der Waals surface area contributed by atoms with Crippen molar-refractivity contribution in [1.29, 1.82) is 0 Å². The zero-order valence-corrected chi connectivity index (χ0v) is 12.4. The van der Waals surface area contributed by atoms with Crippen molar-refractivity contribution in [2.45, 2.75) is 6.92 Å². The average Bonchev–Trinajstić information content (AvgIpc) is 3.02. The van der Waals surface area contributed by atoms with Gasteiger partial charge in [0.05, 0.1) is 0 Å². The van der Waals surface area contributed by atoms with Crippen molar-refractivity contribution in [2.24, 2.45) is 0 Å². The van der Waals surface area contributed by atoms with E-state index in [-0.39, 0.29) is 5.91 Å². The number of aromatic nitrogens is 1. The number of amides is 1. The molecule has 0 spiro atoms. The Balaban J connectivity index is 1.83. The lowest BCUT2D eigenvalue weighted by molar-refractivity contribution is 0.102. The highest BCUT2D eigenvalue weighted by molar-refractivity contribution is 7.13. The third kappa shape index (κ3) is 3.17. The summed E-state index contributed by atoms with van der Waals surface area (Å²) in [4.78, 5) is 16.6. The zero-order valence-electron chi connectivity index (χ0n) is 11.5. The minimum atomic E-state index is -0.112. The second-order valence-corrected chi connectivity index (χ2v) is 5.64. The lowest BCUT2D eigenvalue weighted by Crippen LogP contribution is -2.11. The molecule has 1 heterocycles. The van der Waals surface area contributed by atoms with Gasteiger partial charge in [-0.25, -0.2) is 4.98 Å². The first-order valence-corrected chi connectivity index (χ1v) is 7.48. The molecule has 104 valence electrons. The molecule has 3 aromatic rings. The van der Waals surface area contributed by atoms with Gasteiger partial charge in [0.15, 0.2) is 0 Å². The Bertz CT molecular complexity index is 766. The van der Waals surface area contributed by atoms with Gasteiger partial charge in [-0.15, -0.1) is 11.3 Å². The van der Waals surface area contributed by atoms with Crippen LogP contribution in [-0.4, -0.2) is 10.9 Å². The van der Waals surface area contributed by atoms with E-state index in [2.05, 4.69) is 10.3 Å². The molecule has 3 nitrogen and oxygen atoms in total. The van der Waals surface area contributed by atoms with Gasteiger partial charge in [0.1, 0.15) is 5.01 Å². The van der Waals surface area contributed by atoms with E-state index < -0.39 is 0 Å². The predicted molar refractivity (Wildman–Crippen MR) is 86.7 cm³/mol. The highest BCUT2D eigenvalue weighted by atomic mass is 32.1. The largest absolute Gasteiger partial charge is 0.322 e. The van der Waals surface area contributed by atoms with Crippen molar-refractivity contribution >= 4 is 22.9 Å². The summed E-state index contributed by atoms with van der Waals surface area (Å²) >= 11 is 1.56. The van der Waals surface area contributed by atoms with Gasteiger partial charge in [0.2, 0.25) is 0 Å². The fraction of sp³-hybridized carbons (Fsp3) is 0.0588. The first kappa shape index (κ1) is 13.5. The van der Waals surface area contributed by atoms with Crippen LogP contribution >= 0.6 is 11.3 Å². The maximum atomic E-state index is 12.3. The molecule has 0 aliphatic rings. The molecule has 3 rings (SSSR count). The predicted octanol–water partition coefficient (Wildman–Crippen LogP) is 4.37. The molecule has 0 saturated carbocycles. The number of aryl methyl sites for hydroxylation is 1. The Morgan fingerprint density at radius 2 is 2.00 bits per heavy atom. The van der Waals surface area contributed by atoms with Crippen molar-refractivity contribution < 1.29 is 4.79 Å². The number of carbonyl (C=O) groups excluding carboxylic acids is 1. The van der Waals surface area contributed by atoms with Gasteiger partial charge in [-0.05, 0) is 36.8 Å². The van der Waals surface area contributed by atoms with Crippen LogP contribution in [-0.2, 0) is 0 Å². The smallest absolute Gasteiger partial charge is 0.255 e. The van der Waals surface area contributed by atoms with Crippen LogP contribution in [0.15, 0.2) is 60.1 Å². The van der Waals surface area contributed by atoms with E-state index in [1.807, 2.05) is 60.8 Å². The lowest BCUT2D eigenvalue weighted by atomic mass is 10.1. The Labute approximate surface area is 127 Å². The summed E-state index contributed by atoms with van der Waals surface area (Å²) < 4.78 is 0. The second-order valence-electron chi connectivity index (χ2n) is 4.74. The molecule has 2 aromatic carbocycles. The van der Waals surface area contributed by atoms with Gasteiger partial charge in [-0.1, -0.05) is 24.3 Å². The van der Waals surface area contributed by atoms with Crippen molar-refractivity contribution in [2.75, 3.05) is 5.32 Å². The minimum Gasteiger partial charge on any atom is -0.322 e. The minimum absolute atomic E-state index is 0.112. The van der Waals surface area contributed by atoms with Gasteiger partial charge in [-0.2, -0.15) is 0 Å². The molecule has 0 saturated heterocycles. The normalized spacial score (nSPS) is 10.3. The molecule has 1 amide bonds. The fourth-order valence-electron chi connectivity index (χ4n) is 2.09. The molecular formula is C17H14N2OS. The number of thiazole rings is 1. The molecule has 21 heavy (non-hydrogen) atoms. The van der Waals surface area contributed by atoms with E-state index in [1.165, 1.54) is 0 Å². The number of rotatable bonds is 3. The molecule has 0 bridgehead atoms. The Morgan fingerprint density at radius 3 is 2.76 bits per heavy atom. The lowest BCUT2D eigenvalue weighted by Gasteiger charge is -2.07. The van der Waals surface area contributed by atoms with Gasteiger partial charge in [-0.3, -0.25) is 4.79 Å². The SMILES string of the molecule is Cc1cccc(NC(=O)c2cccc(-c3nccs3)c2)c1. The molecule has 0 radical (unpaired) electrons. The molecule has 1 N–H and O–H groups in total. The Morgan fingerprint density at radius 1 is 1.14 bits per heavy atom. The monoisotopic (exact) mass is 294 g/mol.